The molecule has 1 aromatic heterocycles. The number of benzene rings is 2. The first-order chi connectivity index (χ1) is 13.6. The fraction of sp³-hybridized carbons (Fsp3) is 0.143. The second-order valence-electron chi connectivity index (χ2n) is 6.33. The monoisotopic (exact) mass is 395 g/mol. The number of rotatable bonds is 4. The van der Waals surface area contributed by atoms with Crippen molar-refractivity contribution in [2.75, 3.05) is 23.8 Å². The number of ether oxygens (including phenoxy) is 2. The number of amides is 1. The quantitative estimate of drug-likeness (QED) is 0.663. The van der Waals surface area contributed by atoms with Gasteiger partial charge in [0.1, 0.15) is 18.9 Å². The van der Waals surface area contributed by atoms with Gasteiger partial charge < -0.3 is 20.1 Å². The van der Waals surface area contributed by atoms with E-state index < -0.39 is 0 Å². The summed E-state index contributed by atoms with van der Waals surface area (Å²) in [6, 6.07) is 14.4. The number of pyridine rings is 1. The molecule has 142 valence electrons. The number of carbonyl (C=O) groups is 1. The summed E-state index contributed by atoms with van der Waals surface area (Å²) in [5.41, 5.74) is 3.52. The first-order valence-electron chi connectivity index (χ1n) is 8.79. The molecular formula is C21H18ClN3O3. The van der Waals surface area contributed by atoms with Crippen LogP contribution in [0.2, 0.25) is 5.02 Å². The van der Waals surface area contributed by atoms with Gasteiger partial charge in [-0.3, -0.25) is 4.79 Å². The van der Waals surface area contributed by atoms with Crippen LogP contribution in [0.1, 0.15) is 16.1 Å². The maximum Gasteiger partial charge on any atom is 0.274 e. The van der Waals surface area contributed by atoms with Gasteiger partial charge in [-0.25, -0.2) is 4.98 Å². The number of nitrogens with one attached hydrogen (secondary N) is 2. The lowest BCUT2D eigenvalue weighted by Gasteiger charge is -2.19. The van der Waals surface area contributed by atoms with Crippen LogP contribution in [0.4, 0.5) is 17.1 Å². The molecule has 1 amide bonds. The maximum absolute atomic E-state index is 12.4. The molecular weight excluding hydrogens is 378 g/mol. The topological polar surface area (TPSA) is 72.5 Å². The van der Waals surface area contributed by atoms with Crippen molar-refractivity contribution in [2.45, 2.75) is 6.92 Å². The summed E-state index contributed by atoms with van der Waals surface area (Å²) in [4.78, 5) is 16.7. The number of hydrogen-bond donors (Lipinski definition) is 2. The second kappa shape index (κ2) is 7.78. The minimum atomic E-state index is -0.281. The van der Waals surface area contributed by atoms with Crippen LogP contribution in [-0.2, 0) is 0 Å². The summed E-state index contributed by atoms with van der Waals surface area (Å²) in [7, 11) is 0. The van der Waals surface area contributed by atoms with E-state index in [-0.39, 0.29) is 5.91 Å². The molecule has 0 radical (unpaired) electrons. The fourth-order valence-electron chi connectivity index (χ4n) is 2.84. The molecule has 0 atom stereocenters. The lowest BCUT2D eigenvalue weighted by molar-refractivity contribution is 0.102. The lowest BCUT2D eigenvalue weighted by Crippen LogP contribution is -2.15. The van der Waals surface area contributed by atoms with Gasteiger partial charge in [-0.1, -0.05) is 11.6 Å². The van der Waals surface area contributed by atoms with Gasteiger partial charge in [0.15, 0.2) is 11.5 Å². The molecule has 0 bridgehead atoms. The van der Waals surface area contributed by atoms with E-state index in [1.54, 1.807) is 36.5 Å². The highest BCUT2D eigenvalue weighted by Crippen LogP contribution is 2.33. The fourth-order valence-corrected chi connectivity index (χ4v) is 3.07. The van der Waals surface area contributed by atoms with Crippen LogP contribution in [0, 0.1) is 6.92 Å². The molecule has 0 fully saturated rings. The first-order valence-corrected chi connectivity index (χ1v) is 9.16. The van der Waals surface area contributed by atoms with Crippen molar-refractivity contribution in [2.24, 2.45) is 0 Å². The molecule has 6 nitrogen and oxygen atoms in total. The smallest absolute Gasteiger partial charge is 0.274 e. The van der Waals surface area contributed by atoms with Crippen molar-refractivity contribution in [3.63, 3.8) is 0 Å². The standard InChI is InChI=1S/C21H18ClN3O3/c1-13-10-14(22)2-5-17(13)25-21(26)18-6-3-16(12-23-18)24-15-4-7-19-20(11-15)28-9-8-27-19/h2-7,10-12,24H,8-9H2,1H3,(H,25,26). The Morgan fingerprint density at radius 3 is 2.54 bits per heavy atom. The molecule has 4 rings (SSSR count). The summed E-state index contributed by atoms with van der Waals surface area (Å²) in [5, 5.41) is 6.71. The zero-order valence-corrected chi connectivity index (χ0v) is 15.9. The Labute approximate surface area is 167 Å². The van der Waals surface area contributed by atoms with Crippen LogP contribution in [0.15, 0.2) is 54.7 Å². The van der Waals surface area contributed by atoms with Gasteiger partial charge in [0.2, 0.25) is 0 Å². The van der Waals surface area contributed by atoms with E-state index in [1.807, 2.05) is 25.1 Å². The van der Waals surface area contributed by atoms with Crippen LogP contribution in [0.5, 0.6) is 11.5 Å². The summed E-state index contributed by atoms with van der Waals surface area (Å²) in [6.45, 7) is 2.98. The molecule has 0 unspecified atom stereocenters. The van der Waals surface area contributed by atoms with Gasteiger partial charge in [0.25, 0.3) is 5.91 Å². The highest BCUT2D eigenvalue weighted by atomic mass is 35.5. The number of aromatic nitrogens is 1. The Bertz CT molecular complexity index is 1020. The van der Waals surface area contributed by atoms with Crippen molar-refractivity contribution in [3.05, 3.63) is 71.0 Å². The van der Waals surface area contributed by atoms with Gasteiger partial charge in [0.05, 0.1) is 11.9 Å². The van der Waals surface area contributed by atoms with Crippen molar-refractivity contribution in [1.29, 1.82) is 0 Å². The minimum Gasteiger partial charge on any atom is -0.486 e. The van der Waals surface area contributed by atoms with E-state index in [1.165, 1.54) is 0 Å². The third-order valence-electron chi connectivity index (χ3n) is 4.26. The zero-order chi connectivity index (χ0) is 19.5. The number of nitrogens with zero attached hydrogens (tertiary/aromatic N) is 1. The average Bonchev–Trinajstić information content (AvgIpc) is 2.70. The number of halogens is 1. The molecule has 2 aromatic carbocycles. The molecule has 3 aromatic rings. The van der Waals surface area contributed by atoms with Crippen molar-refractivity contribution < 1.29 is 14.3 Å². The molecule has 1 aliphatic rings. The van der Waals surface area contributed by atoms with Crippen LogP contribution >= 0.6 is 11.6 Å². The Balaban J connectivity index is 1.44. The third-order valence-corrected chi connectivity index (χ3v) is 4.50. The second-order valence-corrected chi connectivity index (χ2v) is 6.77. The van der Waals surface area contributed by atoms with Crippen LogP contribution in [0.3, 0.4) is 0 Å². The zero-order valence-electron chi connectivity index (χ0n) is 15.2. The largest absolute Gasteiger partial charge is 0.486 e. The highest BCUT2D eigenvalue weighted by Gasteiger charge is 2.13. The molecule has 2 heterocycles. The summed E-state index contributed by atoms with van der Waals surface area (Å²) in [5.74, 6) is 1.16. The van der Waals surface area contributed by atoms with Crippen LogP contribution in [-0.4, -0.2) is 24.1 Å². The maximum atomic E-state index is 12.4. The molecule has 0 saturated heterocycles. The molecule has 0 saturated carbocycles. The highest BCUT2D eigenvalue weighted by molar-refractivity contribution is 6.30. The van der Waals surface area contributed by atoms with E-state index in [2.05, 4.69) is 15.6 Å². The lowest BCUT2D eigenvalue weighted by atomic mass is 10.2. The summed E-state index contributed by atoms with van der Waals surface area (Å²) >= 11 is 5.95. The van der Waals surface area contributed by atoms with Crippen molar-refractivity contribution >= 4 is 34.6 Å². The van der Waals surface area contributed by atoms with Gasteiger partial charge in [0, 0.05) is 22.5 Å². The molecule has 0 spiro atoms. The molecule has 7 heteroatoms. The van der Waals surface area contributed by atoms with E-state index in [9.17, 15) is 4.79 Å². The normalized spacial score (nSPS) is 12.4. The van der Waals surface area contributed by atoms with E-state index in [0.717, 1.165) is 22.7 Å². The number of anilines is 3. The Morgan fingerprint density at radius 1 is 1.00 bits per heavy atom. The third kappa shape index (κ3) is 4.02. The minimum absolute atomic E-state index is 0.281. The number of carbonyl (C=O) groups excluding carboxylic acids is 1. The number of hydrogen-bond acceptors (Lipinski definition) is 5. The Hall–Kier alpha value is -3.25. The van der Waals surface area contributed by atoms with Gasteiger partial charge in [-0.15, -0.1) is 0 Å². The van der Waals surface area contributed by atoms with Crippen molar-refractivity contribution in [3.8, 4) is 11.5 Å². The number of aryl methyl sites for hydroxylation is 1. The van der Waals surface area contributed by atoms with Crippen LogP contribution in [0.25, 0.3) is 0 Å². The van der Waals surface area contributed by atoms with Crippen molar-refractivity contribution in [1.82, 2.24) is 4.98 Å². The van der Waals surface area contributed by atoms with E-state index in [4.69, 9.17) is 21.1 Å². The van der Waals surface area contributed by atoms with Gasteiger partial charge in [-0.05, 0) is 55.0 Å². The van der Waals surface area contributed by atoms with E-state index >= 15 is 0 Å². The Kier molecular flexibility index (Phi) is 5.04. The first kappa shape index (κ1) is 18.1. The van der Waals surface area contributed by atoms with E-state index in [0.29, 0.717) is 35.4 Å². The van der Waals surface area contributed by atoms with Crippen LogP contribution < -0.4 is 20.1 Å². The Morgan fingerprint density at radius 2 is 1.79 bits per heavy atom. The van der Waals surface area contributed by atoms with Gasteiger partial charge >= 0.3 is 0 Å². The summed E-state index contributed by atoms with van der Waals surface area (Å²) in [6.07, 6.45) is 1.61. The predicted molar refractivity (Wildman–Crippen MR) is 109 cm³/mol. The molecule has 2 N–H and O–H groups in total. The molecule has 28 heavy (non-hydrogen) atoms. The average molecular weight is 396 g/mol. The number of fused-ring (bicyclic) bond motifs is 1. The summed E-state index contributed by atoms with van der Waals surface area (Å²) < 4.78 is 11.1. The van der Waals surface area contributed by atoms with Gasteiger partial charge in [-0.2, -0.15) is 0 Å². The SMILES string of the molecule is Cc1cc(Cl)ccc1NC(=O)c1ccc(Nc2ccc3c(c2)OCCO3)cn1. The molecule has 0 aliphatic carbocycles. The predicted octanol–water partition coefficient (Wildman–Crippen LogP) is 4.81. The molecule has 1 aliphatic heterocycles.